The molecule has 11 nitrogen and oxygen atoms in total. The van der Waals surface area contributed by atoms with Crippen molar-refractivity contribution in [2.24, 2.45) is 0 Å². The van der Waals surface area contributed by atoms with Crippen LogP contribution in [0.2, 0.25) is 0 Å². The fourth-order valence-electron chi connectivity index (χ4n) is 3.22. The zero-order valence-electron chi connectivity index (χ0n) is 19.5. The summed E-state index contributed by atoms with van der Waals surface area (Å²) in [7, 11) is 0. The summed E-state index contributed by atoms with van der Waals surface area (Å²) in [4.78, 5) is 37.7. The van der Waals surface area contributed by atoms with E-state index in [4.69, 9.17) is 41.9 Å². The predicted molar refractivity (Wildman–Crippen MR) is 132 cm³/mol. The fourth-order valence-corrected chi connectivity index (χ4v) is 5.94. The van der Waals surface area contributed by atoms with E-state index in [0.29, 0.717) is 10.3 Å². The van der Waals surface area contributed by atoms with E-state index < -0.39 is 60.1 Å². The van der Waals surface area contributed by atoms with E-state index in [0.717, 1.165) is 12.3 Å². The second kappa shape index (κ2) is 11.5. The highest BCUT2D eigenvalue weighted by Gasteiger charge is 2.58. The number of halogens is 2. The van der Waals surface area contributed by atoms with E-state index in [9.17, 15) is 19.5 Å². The minimum atomic E-state index is -3.51. The number of aromatic amines is 1. The minimum Gasteiger partial charge on any atom is -0.462 e. The van der Waals surface area contributed by atoms with Gasteiger partial charge in [0.25, 0.3) is 10.7 Å². The van der Waals surface area contributed by atoms with Crippen LogP contribution in [-0.2, 0) is 30.6 Å². The van der Waals surface area contributed by atoms with Gasteiger partial charge in [0.15, 0.2) is 6.23 Å². The topological polar surface area (TPSA) is 141 Å². The van der Waals surface area contributed by atoms with Crippen molar-refractivity contribution in [1.29, 1.82) is 0 Å². The van der Waals surface area contributed by atoms with Gasteiger partial charge in [0.2, 0.25) is 0 Å². The summed E-state index contributed by atoms with van der Waals surface area (Å²) in [5.41, 5.74) is -1.69. The SMILES string of the molecule is CC(C)OC(=O)[C@H](C)N[P@@](=S)(OC[C@H]1O[C@@H](n2ccc(=O)[nH]c2=O)[C@@](F)(Cl)[C@@H]1O)Oc1ccccc1. The predicted octanol–water partition coefficient (Wildman–Crippen LogP) is 1.95. The van der Waals surface area contributed by atoms with Gasteiger partial charge in [0.05, 0.1) is 12.7 Å². The van der Waals surface area contributed by atoms with Crippen molar-refractivity contribution in [3.8, 4) is 5.75 Å². The molecule has 36 heavy (non-hydrogen) atoms. The molecule has 0 unspecified atom stereocenters. The molecule has 15 heteroatoms. The number of aliphatic hydroxyl groups is 1. The maximum atomic E-state index is 15.2. The minimum absolute atomic E-state index is 0.334. The third-order valence-electron chi connectivity index (χ3n) is 4.92. The van der Waals surface area contributed by atoms with E-state index in [1.54, 1.807) is 44.2 Å². The number of hydrogen-bond donors (Lipinski definition) is 3. The van der Waals surface area contributed by atoms with Crippen LogP contribution in [0.3, 0.4) is 0 Å². The molecule has 3 rings (SSSR count). The molecule has 1 aliphatic heterocycles. The Morgan fingerprint density at radius 1 is 1.33 bits per heavy atom. The van der Waals surface area contributed by atoms with Crippen LogP contribution in [0.15, 0.2) is 52.2 Å². The number of para-hydroxylation sites is 1. The summed E-state index contributed by atoms with van der Waals surface area (Å²) in [6.07, 6.45) is -4.50. The number of nitrogens with one attached hydrogen (secondary N) is 2. The number of alkyl halides is 2. The summed E-state index contributed by atoms with van der Waals surface area (Å²) < 4.78 is 38.3. The number of rotatable bonds is 10. The van der Waals surface area contributed by atoms with Gasteiger partial charge in [-0.3, -0.25) is 19.1 Å². The number of benzene rings is 1. The summed E-state index contributed by atoms with van der Waals surface area (Å²) in [6, 6.07) is 8.44. The van der Waals surface area contributed by atoms with Crippen molar-refractivity contribution in [3.05, 3.63) is 63.4 Å². The molecular formula is C21H26ClFN3O8PS. The first-order valence-electron chi connectivity index (χ1n) is 10.8. The van der Waals surface area contributed by atoms with Crippen LogP contribution in [-0.4, -0.2) is 56.7 Å². The molecule has 1 aromatic heterocycles. The monoisotopic (exact) mass is 565 g/mol. The zero-order chi connectivity index (χ0) is 26.7. The van der Waals surface area contributed by atoms with Crippen molar-refractivity contribution < 1.29 is 32.8 Å². The van der Waals surface area contributed by atoms with E-state index >= 15 is 4.39 Å². The number of aliphatic hydroxyl groups excluding tert-OH is 1. The molecule has 0 saturated carbocycles. The highest BCUT2D eigenvalue weighted by Crippen LogP contribution is 2.48. The molecule has 198 valence electrons. The van der Waals surface area contributed by atoms with Crippen LogP contribution < -0.4 is 20.9 Å². The highest BCUT2D eigenvalue weighted by atomic mass is 35.5. The van der Waals surface area contributed by atoms with Crippen LogP contribution in [0.4, 0.5) is 4.39 Å². The molecule has 0 radical (unpaired) electrons. The Balaban J connectivity index is 1.80. The average Bonchev–Trinajstić information content (AvgIpc) is 3.01. The van der Waals surface area contributed by atoms with E-state index in [2.05, 4.69) is 5.09 Å². The molecule has 1 aliphatic rings. The van der Waals surface area contributed by atoms with Gasteiger partial charge in [0, 0.05) is 12.3 Å². The molecular weight excluding hydrogens is 540 g/mol. The number of esters is 1. The number of nitrogens with zero attached hydrogens (tertiary/aromatic N) is 1. The number of ether oxygens (including phenoxy) is 2. The summed E-state index contributed by atoms with van der Waals surface area (Å²) in [5, 5.41) is 10.4. The van der Waals surface area contributed by atoms with Gasteiger partial charge in [0.1, 0.15) is 24.0 Å². The van der Waals surface area contributed by atoms with Gasteiger partial charge in [-0.25, -0.2) is 14.3 Å². The number of carbonyl (C=O) groups excluding carboxylic acids is 1. The molecule has 1 fully saturated rings. The lowest BCUT2D eigenvalue weighted by molar-refractivity contribution is -0.149. The summed E-state index contributed by atoms with van der Waals surface area (Å²) in [6.45, 7) is 0.859. The molecule has 2 heterocycles. The average molecular weight is 566 g/mol. The Labute approximate surface area is 215 Å². The number of carbonyl (C=O) groups is 1. The van der Waals surface area contributed by atoms with E-state index in [-0.39, 0.29) is 6.10 Å². The number of hydrogen-bond acceptors (Lipinski definition) is 9. The smallest absolute Gasteiger partial charge is 0.330 e. The largest absolute Gasteiger partial charge is 0.462 e. The first kappa shape index (κ1) is 28.5. The van der Waals surface area contributed by atoms with Crippen LogP contribution in [0.5, 0.6) is 5.75 Å². The second-order valence-electron chi connectivity index (χ2n) is 8.20. The van der Waals surface area contributed by atoms with Crippen molar-refractivity contribution in [3.63, 3.8) is 0 Å². The van der Waals surface area contributed by atoms with Gasteiger partial charge < -0.3 is 23.6 Å². The molecule has 6 atom stereocenters. The lowest BCUT2D eigenvalue weighted by Crippen LogP contribution is -2.42. The van der Waals surface area contributed by atoms with Gasteiger partial charge in [-0.2, -0.15) is 0 Å². The van der Waals surface area contributed by atoms with Crippen LogP contribution in [0.25, 0.3) is 0 Å². The molecule has 3 N–H and O–H groups in total. The number of H-pyrrole nitrogens is 1. The molecule has 0 spiro atoms. The lowest BCUT2D eigenvalue weighted by atomic mass is 10.1. The summed E-state index contributed by atoms with van der Waals surface area (Å²) >= 11 is 11.5. The van der Waals surface area contributed by atoms with Gasteiger partial charge in [-0.1, -0.05) is 29.8 Å². The Morgan fingerprint density at radius 3 is 2.61 bits per heavy atom. The fraction of sp³-hybridized carbons (Fsp3) is 0.476. The highest BCUT2D eigenvalue weighted by molar-refractivity contribution is 8.09. The molecule has 0 aliphatic carbocycles. The van der Waals surface area contributed by atoms with Gasteiger partial charge in [-0.15, -0.1) is 0 Å². The third kappa shape index (κ3) is 6.80. The van der Waals surface area contributed by atoms with Gasteiger partial charge in [-0.05, 0) is 44.7 Å². The summed E-state index contributed by atoms with van der Waals surface area (Å²) in [5.74, 6) is -0.266. The Morgan fingerprint density at radius 2 is 2.00 bits per heavy atom. The van der Waals surface area contributed by atoms with Crippen molar-refractivity contribution in [2.75, 3.05) is 6.61 Å². The van der Waals surface area contributed by atoms with Gasteiger partial charge >= 0.3 is 18.3 Å². The van der Waals surface area contributed by atoms with Crippen molar-refractivity contribution in [2.45, 2.75) is 56.5 Å². The maximum absolute atomic E-state index is 15.2. The first-order chi connectivity index (χ1) is 16.8. The van der Waals surface area contributed by atoms with Crippen LogP contribution in [0.1, 0.15) is 27.0 Å². The van der Waals surface area contributed by atoms with E-state index in [1.807, 2.05) is 4.98 Å². The van der Waals surface area contributed by atoms with E-state index in [1.165, 1.54) is 6.92 Å². The molecule has 1 saturated heterocycles. The second-order valence-corrected chi connectivity index (χ2v) is 11.9. The zero-order valence-corrected chi connectivity index (χ0v) is 22.0. The van der Waals surface area contributed by atoms with Crippen molar-refractivity contribution >= 4 is 36.0 Å². The number of aromatic nitrogens is 2. The standard InChI is InChI=1S/C21H26ClFN3O8PS/c1-12(2)32-18(29)13(3)25-35(36,34-14-7-5-4-6-8-14)31-11-15-17(28)21(22,23)19(33-15)26-10-9-16(27)24-20(26)30/h4-10,12-13,15,17,19,28H,11H2,1-3H3,(H,25,36)(H,24,27,30)/t13-,15+,17+,19+,21+,35+/m0/s1. The molecule has 0 bridgehead atoms. The lowest BCUT2D eigenvalue weighted by Gasteiger charge is -2.28. The molecule has 0 amide bonds. The Hall–Kier alpha value is -2.12. The first-order valence-corrected chi connectivity index (χ1v) is 13.8. The molecule has 1 aromatic carbocycles. The van der Waals surface area contributed by atoms with Crippen molar-refractivity contribution in [1.82, 2.24) is 14.6 Å². The Kier molecular flexibility index (Phi) is 9.10. The normalized spacial score (nSPS) is 26.4. The van der Waals surface area contributed by atoms with Crippen LogP contribution >= 0.6 is 18.2 Å². The quantitative estimate of drug-likeness (QED) is 0.222. The molecule has 2 aromatic rings. The third-order valence-corrected chi connectivity index (χ3v) is 7.83. The maximum Gasteiger partial charge on any atom is 0.330 e. The Bertz CT molecular complexity index is 1230. The van der Waals surface area contributed by atoms with Crippen LogP contribution in [0, 0.1) is 0 Å².